The molecule has 1 aromatic heterocycles. The van der Waals surface area contributed by atoms with Gasteiger partial charge in [0, 0.05) is 18.7 Å². The van der Waals surface area contributed by atoms with Crippen LogP contribution in [-0.2, 0) is 9.53 Å². The molecular formula is C16H19N3O4. The number of rotatable bonds is 4. The molecule has 2 aromatic rings. The van der Waals surface area contributed by atoms with Crippen LogP contribution in [-0.4, -0.2) is 52.9 Å². The molecule has 0 N–H and O–H groups in total. The Morgan fingerprint density at radius 2 is 1.96 bits per heavy atom. The highest BCUT2D eigenvalue weighted by Gasteiger charge is 2.25. The molecule has 3 rings (SSSR count). The fraction of sp³-hybridized carbons (Fsp3) is 0.438. The Hall–Kier alpha value is -2.41. The van der Waals surface area contributed by atoms with Gasteiger partial charge in [0.05, 0.1) is 12.2 Å². The number of hydrogen-bond donors (Lipinski definition) is 0. The minimum Gasteiger partial charge on any atom is -0.484 e. The first-order valence-corrected chi connectivity index (χ1v) is 7.54. The molecule has 1 saturated heterocycles. The van der Waals surface area contributed by atoms with Crippen molar-refractivity contribution in [3.8, 4) is 17.2 Å². The molecule has 0 aliphatic carbocycles. The first-order chi connectivity index (χ1) is 11.1. The summed E-state index contributed by atoms with van der Waals surface area (Å²) in [4.78, 5) is 14.0. The van der Waals surface area contributed by atoms with Gasteiger partial charge in [-0.05, 0) is 38.1 Å². The number of aromatic nitrogens is 2. The van der Waals surface area contributed by atoms with Gasteiger partial charge in [0.1, 0.15) is 5.75 Å². The lowest BCUT2D eigenvalue weighted by molar-refractivity contribution is -0.145. The molecule has 0 radical (unpaired) electrons. The van der Waals surface area contributed by atoms with Gasteiger partial charge in [-0.1, -0.05) is 0 Å². The van der Waals surface area contributed by atoms with E-state index in [1.54, 1.807) is 17.0 Å². The molecule has 0 unspecified atom stereocenters. The van der Waals surface area contributed by atoms with Gasteiger partial charge in [0.15, 0.2) is 6.61 Å². The zero-order valence-electron chi connectivity index (χ0n) is 13.1. The van der Waals surface area contributed by atoms with Crippen LogP contribution in [0.1, 0.15) is 13.8 Å². The maximum absolute atomic E-state index is 12.2. The van der Waals surface area contributed by atoms with E-state index in [0.29, 0.717) is 24.7 Å². The fourth-order valence-electron chi connectivity index (χ4n) is 2.61. The van der Waals surface area contributed by atoms with Crippen LogP contribution in [0.25, 0.3) is 11.5 Å². The van der Waals surface area contributed by atoms with Crippen molar-refractivity contribution in [3.05, 3.63) is 30.7 Å². The Balaban J connectivity index is 1.54. The zero-order chi connectivity index (χ0) is 16.2. The van der Waals surface area contributed by atoms with Crippen molar-refractivity contribution in [2.75, 3.05) is 19.7 Å². The van der Waals surface area contributed by atoms with Gasteiger partial charge in [-0.2, -0.15) is 0 Å². The van der Waals surface area contributed by atoms with Gasteiger partial charge in [-0.3, -0.25) is 4.79 Å². The van der Waals surface area contributed by atoms with Crippen molar-refractivity contribution in [2.24, 2.45) is 0 Å². The van der Waals surface area contributed by atoms with E-state index in [1.165, 1.54) is 6.39 Å². The monoisotopic (exact) mass is 317 g/mol. The van der Waals surface area contributed by atoms with Crippen molar-refractivity contribution in [3.63, 3.8) is 0 Å². The average Bonchev–Trinajstić information content (AvgIpc) is 3.06. The molecule has 7 nitrogen and oxygen atoms in total. The normalized spacial score (nSPS) is 21.2. The molecule has 0 spiro atoms. The van der Waals surface area contributed by atoms with Crippen molar-refractivity contribution < 1.29 is 18.7 Å². The molecule has 1 fully saturated rings. The molecule has 1 amide bonds. The quantitative estimate of drug-likeness (QED) is 0.855. The summed E-state index contributed by atoms with van der Waals surface area (Å²) in [7, 11) is 0. The highest BCUT2D eigenvalue weighted by molar-refractivity contribution is 5.78. The van der Waals surface area contributed by atoms with Crippen LogP contribution in [0.5, 0.6) is 5.75 Å². The van der Waals surface area contributed by atoms with E-state index in [4.69, 9.17) is 13.9 Å². The Labute approximate surface area is 134 Å². The van der Waals surface area contributed by atoms with E-state index in [1.807, 2.05) is 26.0 Å². The van der Waals surface area contributed by atoms with Crippen molar-refractivity contribution >= 4 is 5.91 Å². The van der Waals surface area contributed by atoms with Crippen molar-refractivity contribution in [1.82, 2.24) is 15.1 Å². The molecular weight excluding hydrogens is 298 g/mol. The fourth-order valence-corrected chi connectivity index (χ4v) is 2.61. The topological polar surface area (TPSA) is 77.7 Å². The second-order valence-corrected chi connectivity index (χ2v) is 5.61. The first kappa shape index (κ1) is 15.5. The van der Waals surface area contributed by atoms with Gasteiger partial charge < -0.3 is 18.8 Å². The number of benzene rings is 1. The van der Waals surface area contributed by atoms with Gasteiger partial charge >= 0.3 is 0 Å². The van der Waals surface area contributed by atoms with Crippen LogP contribution < -0.4 is 4.74 Å². The average molecular weight is 317 g/mol. The minimum absolute atomic E-state index is 0.0132. The molecule has 23 heavy (non-hydrogen) atoms. The van der Waals surface area contributed by atoms with Gasteiger partial charge in [-0.15, -0.1) is 10.2 Å². The van der Waals surface area contributed by atoms with E-state index in [2.05, 4.69) is 10.2 Å². The molecule has 0 saturated carbocycles. The van der Waals surface area contributed by atoms with Crippen LogP contribution in [0.15, 0.2) is 35.1 Å². The highest BCUT2D eigenvalue weighted by atomic mass is 16.5. The lowest BCUT2D eigenvalue weighted by Crippen LogP contribution is -2.49. The van der Waals surface area contributed by atoms with E-state index in [-0.39, 0.29) is 24.7 Å². The van der Waals surface area contributed by atoms with E-state index in [0.717, 1.165) is 5.56 Å². The largest absolute Gasteiger partial charge is 0.484 e. The number of ether oxygens (including phenoxy) is 2. The molecule has 1 aliphatic rings. The summed E-state index contributed by atoms with van der Waals surface area (Å²) in [5, 5.41) is 7.47. The van der Waals surface area contributed by atoms with Crippen molar-refractivity contribution in [1.29, 1.82) is 0 Å². The predicted octanol–water partition coefficient (Wildman–Crippen LogP) is 1.75. The number of morpholine rings is 1. The summed E-state index contributed by atoms with van der Waals surface area (Å²) >= 11 is 0. The Bertz CT molecular complexity index is 632. The first-order valence-electron chi connectivity index (χ1n) is 7.54. The summed E-state index contributed by atoms with van der Waals surface area (Å²) in [6, 6.07) is 7.17. The number of carbonyl (C=O) groups excluding carboxylic acids is 1. The lowest BCUT2D eigenvalue weighted by Gasteiger charge is -2.35. The SMILES string of the molecule is C[C@@H]1CN(C(=O)COc2ccc(-c3nnco3)cc2)C[C@H](C)O1. The molecule has 7 heteroatoms. The van der Waals surface area contributed by atoms with Crippen LogP contribution in [0.2, 0.25) is 0 Å². The predicted molar refractivity (Wildman–Crippen MR) is 81.8 cm³/mol. The number of carbonyl (C=O) groups is 1. The van der Waals surface area contributed by atoms with E-state index < -0.39 is 0 Å². The molecule has 122 valence electrons. The summed E-state index contributed by atoms with van der Waals surface area (Å²) in [6.45, 7) is 5.14. The number of hydrogen-bond acceptors (Lipinski definition) is 6. The molecule has 1 aliphatic heterocycles. The van der Waals surface area contributed by atoms with Gasteiger partial charge in [-0.25, -0.2) is 0 Å². The van der Waals surface area contributed by atoms with E-state index >= 15 is 0 Å². The van der Waals surface area contributed by atoms with E-state index in [9.17, 15) is 4.79 Å². The third kappa shape index (κ3) is 3.87. The molecule has 1 aromatic carbocycles. The Morgan fingerprint density at radius 1 is 1.26 bits per heavy atom. The minimum atomic E-state index is -0.0343. The smallest absolute Gasteiger partial charge is 0.260 e. The van der Waals surface area contributed by atoms with Crippen LogP contribution in [0, 0.1) is 0 Å². The van der Waals surface area contributed by atoms with Gasteiger partial charge in [0.2, 0.25) is 12.3 Å². The zero-order valence-corrected chi connectivity index (χ0v) is 13.1. The number of amides is 1. The maximum atomic E-state index is 12.2. The summed E-state index contributed by atoms with van der Waals surface area (Å²) in [5.74, 6) is 1.04. The third-order valence-corrected chi connectivity index (χ3v) is 3.60. The Kier molecular flexibility index (Phi) is 4.57. The molecule has 2 atom stereocenters. The molecule has 2 heterocycles. The summed E-state index contributed by atoms with van der Waals surface area (Å²) < 4.78 is 16.3. The van der Waals surface area contributed by atoms with Crippen molar-refractivity contribution in [2.45, 2.75) is 26.1 Å². The third-order valence-electron chi connectivity index (χ3n) is 3.60. The summed E-state index contributed by atoms with van der Waals surface area (Å²) in [6.07, 6.45) is 1.38. The van der Waals surface area contributed by atoms with Crippen LogP contribution >= 0.6 is 0 Å². The van der Waals surface area contributed by atoms with Gasteiger partial charge in [0.25, 0.3) is 5.91 Å². The standard InChI is InChI=1S/C16H19N3O4/c1-11-7-19(8-12(2)23-11)15(20)9-21-14-5-3-13(4-6-14)16-18-17-10-22-16/h3-6,10-12H,7-9H2,1-2H3/t11-,12+. The Morgan fingerprint density at radius 3 is 2.57 bits per heavy atom. The van der Waals surface area contributed by atoms with Crippen LogP contribution in [0.3, 0.4) is 0 Å². The second kappa shape index (κ2) is 6.78. The highest BCUT2D eigenvalue weighted by Crippen LogP contribution is 2.20. The lowest BCUT2D eigenvalue weighted by atomic mass is 10.2. The maximum Gasteiger partial charge on any atom is 0.260 e. The number of nitrogens with zero attached hydrogens (tertiary/aromatic N) is 3. The summed E-state index contributed by atoms with van der Waals surface area (Å²) in [5.41, 5.74) is 0.803. The second-order valence-electron chi connectivity index (χ2n) is 5.61. The molecule has 0 bridgehead atoms. The van der Waals surface area contributed by atoms with Crippen LogP contribution in [0.4, 0.5) is 0 Å².